The zero-order valence-corrected chi connectivity index (χ0v) is 11.5. The summed E-state index contributed by atoms with van der Waals surface area (Å²) in [6.45, 7) is 5.74. The van der Waals surface area contributed by atoms with Gasteiger partial charge in [0, 0.05) is 30.8 Å². The Morgan fingerprint density at radius 1 is 1.50 bits per heavy atom. The highest BCUT2D eigenvalue weighted by Gasteiger charge is 2.08. The second-order valence-corrected chi connectivity index (χ2v) is 5.58. The predicted octanol–water partition coefficient (Wildman–Crippen LogP) is 2.43. The molecule has 2 heterocycles. The Hall–Kier alpha value is -1.17. The van der Waals surface area contributed by atoms with E-state index < -0.39 is 0 Å². The normalized spacial score (nSPS) is 12.8. The van der Waals surface area contributed by atoms with Crippen LogP contribution in [0.4, 0.5) is 0 Å². The number of aryl methyl sites for hydroxylation is 1. The summed E-state index contributed by atoms with van der Waals surface area (Å²) < 4.78 is 5.54. The second-order valence-electron chi connectivity index (χ2n) is 4.46. The lowest BCUT2D eigenvalue weighted by molar-refractivity contribution is 0.233. The van der Waals surface area contributed by atoms with Gasteiger partial charge in [-0.05, 0) is 25.0 Å². The third kappa shape index (κ3) is 3.41. The summed E-state index contributed by atoms with van der Waals surface area (Å²) in [5.41, 5.74) is 0. The van der Waals surface area contributed by atoms with Crippen LogP contribution in [0.3, 0.4) is 0 Å². The van der Waals surface area contributed by atoms with Gasteiger partial charge in [0.25, 0.3) is 0 Å². The molecule has 4 nitrogen and oxygen atoms in total. The zero-order chi connectivity index (χ0) is 13.0. The molecule has 0 saturated heterocycles. The van der Waals surface area contributed by atoms with Gasteiger partial charge in [0.1, 0.15) is 5.76 Å². The molecule has 1 atom stereocenters. The quantitative estimate of drug-likeness (QED) is 0.843. The molecule has 0 aliphatic rings. The molecule has 5 heteroatoms. The average molecular weight is 266 g/mol. The van der Waals surface area contributed by atoms with E-state index in [9.17, 15) is 0 Å². The number of furan rings is 1. The van der Waals surface area contributed by atoms with Crippen molar-refractivity contribution in [2.75, 3.05) is 13.2 Å². The van der Waals surface area contributed by atoms with Gasteiger partial charge >= 0.3 is 0 Å². The Balaban J connectivity index is 1.90. The molecule has 1 unspecified atom stereocenters. The van der Waals surface area contributed by atoms with Crippen molar-refractivity contribution in [1.29, 1.82) is 0 Å². The molecule has 2 rings (SSSR count). The molecule has 0 saturated carbocycles. The van der Waals surface area contributed by atoms with Crippen molar-refractivity contribution in [2.24, 2.45) is 5.92 Å². The van der Waals surface area contributed by atoms with Crippen LogP contribution in [0.25, 0.3) is 10.8 Å². The standard InChI is InChI=1S/C13H18N2O2S/c1-9(8-16)5-14-6-11-7-15-13(18-11)12-4-3-10(2)17-12/h3-4,7,9,14,16H,5-6,8H2,1-2H3. The van der Waals surface area contributed by atoms with E-state index in [0.29, 0.717) is 0 Å². The predicted molar refractivity (Wildman–Crippen MR) is 72.5 cm³/mol. The Labute approximate surface area is 111 Å². The SMILES string of the molecule is Cc1ccc(-c2ncc(CNCC(C)CO)s2)o1. The highest BCUT2D eigenvalue weighted by atomic mass is 32.1. The van der Waals surface area contributed by atoms with E-state index in [1.54, 1.807) is 11.3 Å². The Morgan fingerprint density at radius 2 is 2.33 bits per heavy atom. The number of hydrogen-bond acceptors (Lipinski definition) is 5. The van der Waals surface area contributed by atoms with Crippen LogP contribution >= 0.6 is 11.3 Å². The van der Waals surface area contributed by atoms with Crippen molar-refractivity contribution in [1.82, 2.24) is 10.3 Å². The van der Waals surface area contributed by atoms with Crippen molar-refractivity contribution in [3.63, 3.8) is 0 Å². The molecule has 0 amide bonds. The van der Waals surface area contributed by atoms with Crippen LogP contribution in [0.15, 0.2) is 22.7 Å². The van der Waals surface area contributed by atoms with E-state index in [-0.39, 0.29) is 12.5 Å². The summed E-state index contributed by atoms with van der Waals surface area (Å²) in [4.78, 5) is 5.52. The highest BCUT2D eigenvalue weighted by molar-refractivity contribution is 7.14. The van der Waals surface area contributed by atoms with E-state index >= 15 is 0 Å². The minimum Gasteiger partial charge on any atom is -0.459 e. The summed E-state index contributed by atoms with van der Waals surface area (Å²) in [5.74, 6) is 2.01. The molecule has 0 aromatic carbocycles. The van der Waals surface area contributed by atoms with Gasteiger partial charge in [0.15, 0.2) is 10.8 Å². The molecule has 0 bridgehead atoms. The molecule has 2 aromatic heterocycles. The lowest BCUT2D eigenvalue weighted by Crippen LogP contribution is -2.22. The fourth-order valence-electron chi connectivity index (χ4n) is 1.56. The minimum atomic E-state index is 0.215. The summed E-state index contributed by atoms with van der Waals surface area (Å²) in [6.07, 6.45) is 1.87. The summed E-state index contributed by atoms with van der Waals surface area (Å²) in [5, 5.41) is 13.1. The number of hydrogen-bond donors (Lipinski definition) is 2. The van der Waals surface area contributed by atoms with Gasteiger partial charge in [-0.3, -0.25) is 0 Å². The molecule has 2 N–H and O–H groups in total. The summed E-state index contributed by atoms with van der Waals surface area (Å²) in [6, 6.07) is 3.89. The zero-order valence-electron chi connectivity index (χ0n) is 10.6. The molecule has 98 valence electrons. The lowest BCUT2D eigenvalue weighted by atomic mass is 10.2. The van der Waals surface area contributed by atoms with Crippen molar-refractivity contribution < 1.29 is 9.52 Å². The van der Waals surface area contributed by atoms with Gasteiger partial charge in [-0.25, -0.2) is 4.98 Å². The Morgan fingerprint density at radius 3 is 3.00 bits per heavy atom. The van der Waals surface area contributed by atoms with E-state index in [4.69, 9.17) is 9.52 Å². The van der Waals surface area contributed by atoms with Gasteiger partial charge in [0.05, 0.1) is 0 Å². The number of nitrogens with one attached hydrogen (secondary N) is 1. The molecule has 0 aliphatic carbocycles. The minimum absolute atomic E-state index is 0.215. The van der Waals surface area contributed by atoms with Gasteiger partial charge in [-0.2, -0.15) is 0 Å². The van der Waals surface area contributed by atoms with Crippen LogP contribution in [0, 0.1) is 12.8 Å². The third-order valence-electron chi connectivity index (χ3n) is 2.61. The molecule has 0 aliphatic heterocycles. The molecule has 0 radical (unpaired) electrons. The van der Waals surface area contributed by atoms with E-state index in [1.165, 1.54) is 4.88 Å². The smallest absolute Gasteiger partial charge is 0.162 e. The fraction of sp³-hybridized carbons (Fsp3) is 0.462. The Bertz CT molecular complexity index is 493. The number of nitrogens with zero attached hydrogens (tertiary/aromatic N) is 1. The first-order valence-corrected chi connectivity index (χ1v) is 6.83. The van der Waals surface area contributed by atoms with Gasteiger partial charge in [0.2, 0.25) is 0 Å². The lowest BCUT2D eigenvalue weighted by Gasteiger charge is -2.07. The van der Waals surface area contributed by atoms with E-state index in [2.05, 4.69) is 10.3 Å². The van der Waals surface area contributed by atoms with Crippen LogP contribution in [0.5, 0.6) is 0 Å². The molecular weight excluding hydrogens is 248 g/mol. The van der Waals surface area contributed by atoms with E-state index in [1.807, 2.05) is 32.2 Å². The molecule has 0 spiro atoms. The van der Waals surface area contributed by atoms with Crippen molar-refractivity contribution in [3.8, 4) is 10.8 Å². The number of thiazole rings is 1. The molecule has 2 aromatic rings. The van der Waals surface area contributed by atoms with Gasteiger partial charge in [-0.1, -0.05) is 6.92 Å². The number of aliphatic hydroxyl groups excluding tert-OH is 1. The summed E-state index contributed by atoms with van der Waals surface area (Å²) >= 11 is 1.63. The maximum absolute atomic E-state index is 8.92. The van der Waals surface area contributed by atoms with E-state index in [0.717, 1.165) is 29.6 Å². The van der Waals surface area contributed by atoms with Gasteiger partial charge in [-0.15, -0.1) is 11.3 Å². The first-order valence-electron chi connectivity index (χ1n) is 6.02. The topological polar surface area (TPSA) is 58.3 Å². The number of aliphatic hydroxyl groups is 1. The van der Waals surface area contributed by atoms with Crippen LogP contribution < -0.4 is 5.32 Å². The van der Waals surface area contributed by atoms with Gasteiger partial charge < -0.3 is 14.8 Å². The Kier molecular flexibility index (Phi) is 4.52. The molecule has 0 fully saturated rings. The van der Waals surface area contributed by atoms with Crippen molar-refractivity contribution >= 4 is 11.3 Å². The van der Waals surface area contributed by atoms with Crippen LogP contribution in [0.2, 0.25) is 0 Å². The van der Waals surface area contributed by atoms with Crippen LogP contribution in [0.1, 0.15) is 17.6 Å². The monoisotopic (exact) mass is 266 g/mol. The maximum Gasteiger partial charge on any atom is 0.162 e. The fourth-order valence-corrected chi connectivity index (χ4v) is 2.40. The number of rotatable bonds is 6. The molecular formula is C13H18N2O2S. The first-order chi connectivity index (χ1) is 8.69. The second kappa shape index (κ2) is 6.13. The number of aromatic nitrogens is 1. The van der Waals surface area contributed by atoms with Crippen LogP contribution in [-0.4, -0.2) is 23.2 Å². The summed E-state index contributed by atoms with van der Waals surface area (Å²) in [7, 11) is 0. The maximum atomic E-state index is 8.92. The average Bonchev–Trinajstić information content (AvgIpc) is 2.97. The van der Waals surface area contributed by atoms with Crippen molar-refractivity contribution in [2.45, 2.75) is 20.4 Å². The van der Waals surface area contributed by atoms with Crippen molar-refractivity contribution in [3.05, 3.63) is 29.0 Å². The highest BCUT2D eigenvalue weighted by Crippen LogP contribution is 2.26. The molecule has 18 heavy (non-hydrogen) atoms. The first kappa shape index (κ1) is 13.3. The largest absolute Gasteiger partial charge is 0.459 e. The third-order valence-corrected chi connectivity index (χ3v) is 3.62. The van der Waals surface area contributed by atoms with Crippen LogP contribution in [-0.2, 0) is 6.54 Å².